The Labute approximate surface area is 84.6 Å². The molecule has 72 valence electrons. The fourth-order valence-corrected chi connectivity index (χ4v) is 1.19. The van der Waals surface area contributed by atoms with Gasteiger partial charge in [0, 0.05) is 16.9 Å². The first-order valence-electron chi connectivity index (χ1n) is 4.14. The third-order valence-electron chi connectivity index (χ3n) is 1.53. The van der Waals surface area contributed by atoms with Crippen molar-refractivity contribution in [3.63, 3.8) is 0 Å². The summed E-state index contributed by atoms with van der Waals surface area (Å²) in [5.74, 6) is 0.149. The molecule has 0 spiro atoms. The van der Waals surface area contributed by atoms with Gasteiger partial charge < -0.3 is 5.73 Å². The van der Waals surface area contributed by atoms with Crippen molar-refractivity contribution in [2.24, 2.45) is 5.73 Å². The summed E-state index contributed by atoms with van der Waals surface area (Å²) in [5, 5.41) is 0. The topological polar surface area (TPSA) is 43.1 Å². The van der Waals surface area contributed by atoms with Crippen molar-refractivity contribution in [3.8, 4) is 0 Å². The van der Waals surface area contributed by atoms with Crippen LogP contribution in [-0.4, -0.2) is 12.8 Å². The van der Waals surface area contributed by atoms with Crippen molar-refractivity contribution in [2.45, 2.75) is 18.2 Å². The van der Waals surface area contributed by atoms with Crippen LogP contribution >= 0.6 is 12.6 Å². The van der Waals surface area contributed by atoms with Gasteiger partial charge in [-0.1, -0.05) is 25.1 Å². The van der Waals surface area contributed by atoms with E-state index in [2.05, 4.69) is 18.4 Å². The lowest BCUT2D eigenvalue weighted by Crippen LogP contribution is -1.96. The summed E-state index contributed by atoms with van der Waals surface area (Å²) in [6.07, 6.45) is 0.539. The Kier molecular flexibility index (Phi) is 6.28. The van der Waals surface area contributed by atoms with Crippen molar-refractivity contribution in [2.75, 3.05) is 7.05 Å². The normalized spacial score (nSPS) is 8.62. The molecule has 13 heavy (non-hydrogen) atoms. The van der Waals surface area contributed by atoms with Gasteiger partial charge >= 0.3 is 0 Å². The van der Waals surface area contributed by atoms with Gasteiger partial charge in [-0.05, 0) is 13.1 Å². The lowest BCUT2D eigenvalue weighted by Gasteiger charge is -1.99. The van der Waals surface area contributed by atoms with E-state index in [4.69, 9.17) is 0 Å². The van der Waals surface area contributed by atoms with Crippen LogP contribution in [0, 0.1) is 0 Å². The van der Waals surface area contributed by atoms with E-state index in [1.54, 1.807) is 6.07 Å². The fourth-order valence-electron chi connectivity index (χ4n) is 0.900. The summed E-state index contributed by atoms with van der Waals surface area (Å²) < 4.78 is 0. The van der Waals surface area contributed by atoms with Gasteiger partial charge in [0.1, 0.15) is 0 Å². The predicted molar refractivity (Wildman–Crippen MR) is 58.4 cm³/mol. The molecule has 0 aliphatic carbocycles. The number of Topliss-reactive ketones (excluding diaryl/α,β-unsaturated/α-hetero) is 1. The maximum atomic E-state index is 11.2. The van der Waals surface area contributed by atoms with Gasteiger partial charge in [0.15, 0.2) is 5.78 Å². The predicted octanol–water partition coefficient (Wildman–Crippen LogP) is 2.14. The average Bonchev–Trinajstić information content (AvgIpc) is 2.20. The Morgan fingerprint density at radius 3 is 2.38 bits per heavy atom. The Morgan fingerprint density at radius 2 is 1.92 bits per heavy atom. The molecule has 0 fully saturated rings. The first kappa shape index (κ1) is 12.2. The molecule has 0 heterocycles. The van der Waals surface area contributed by atoms with Crippen LogP contribution in [0.3, 0.4) is 0 Å². The standard InChI is InChI=1S/C9H10OS.CH5N/c1-2-8(10)7-5-3-4-6-9(7)11;1-2/h3-6,11H,2H2,1H3;2H2,1H3. The summed E-state index contributed by atoms with van der Waals surface area (Å²) in [7, 11) is 1.50. The SMILES string of the molecule is CCC(=O)c1ccccc1S.CN. The van der Waals surface area contributed by atoms with E-state index in [1.807, 2.05) is 25.1 Å². The Morgan fingerprint density at radius 1 is 1.38 bits per heavy atom. The highest BCUT2D eigenvalue weighted by atomic mass is 32.1. The zero-order chi connectivity index (χ0) is 10.3. The van der Waals surface area contributed by atoms with Crippen molar-refractivity contribution < 1.29 is 4.79 Å². The minimum Gasteiger partial charge on any atom is -0.333 e. The number of benzene rings is 1. The maximum absolute atomic E-state index is 11.2. The summed E-state index contributed by atoms with van der Waals surface area (Å²) in [4.78, 5) is 11.9. The van der Waals surface area contributed by atoms with Crippen LogP contribution in [0.2, 0.25) is 0 Å². The Balaban J connectivity index is 0.000000671. The molecule has 1 aromatic carbocycles. The smallest absolute Gasteiger partial charge is 0.163 e. The highest BCUT2D eigenvalue weighted by Crippen LogP contribution is 2.14. The highest BCUT2D eigenvalue weighted by Gasteiger charge is 2.04. The molecule has 1 aromatic rings. The second-order valence-electron chi connectivity index (χ2n) is 2.29. The van der Waals surface area contributed by atoms with E-state index in [-0.39, 0.29) is 5.78 Å². The van der Waals surface area contributed by atoms with Crippen molar-refractivity contribution in [1.82, 2.24) is 0 Å². The fraction of sp³-hybridized carbons (Fsp3) is 0.300. The summed E-state index contributed by atoms with van der Waals surface area (Å²) in [6.45, 7) is 1.85. The van der Waals surface area contributed by atoms with Crippen LogP contribution in [0.1, 0.15) is 23.7 Å². The molecule has 0 atom stereocenters. The third-order valence-corrected chi connectivity index (χ3v) is 1.92. The van der Waals surface area contributed by atoms with Gasteiger partial charge in [-0.2, -0.15) is 0 Å². The molecule has 0 aromatic heterocycles. The number of carbonyl (C=O) groups is 1. The molecular weight excluding hydrogens is 182 g/mol. The quantitative estimate of drug-likeness (QED) is 0.563. The van der Waals surface area contributed by atoms with E-state index in [1.165, 1.54) is 7.05 Å². The number of hydrogen-bond donors (Lipinski definition) is 2. The molecule has 2 N–H and O–H groups in total. The van der Waals surface area contributed by atoms with Gasteiger partial charge in [0.05, 0.1) is 0 Å². The van der Waals surface area contributed by atoms with Gasteiger partial charge in [0.2, 0.25) is 0 Å². The van der Waals surface area contributed by atoms with E-state index in [0.29, 0.717) is 6.42 Å². The second-order valence-corrected chi connectivity index (χ2v) is 2.78. The average molecular weight is 197 g/mol. The van der Waals surface area contributed by atoms with Crippen LogP contribution < -0.4 is 5.73 Å². The number of nitrogens with two attached hydrogens (primary N) is 1. The maximum Gasteiger partial charge on any atom is 0.163 e. The number of hydrogen-bond acceptors (Lipinski definition) is 3. The molecule has 0 saturated carbocycles. The summed E-state index contributed by atoms with van der Waals surface area (Å²) in [5.41, 5.74) is 5.22. The van der Waals surface area contributed by atoms with Crippen LogP contribution in [0.5, 0.6) is 0 Å². The first-order valence-corrected chi connectivity index (χ1v) is 4.59. The first-order chi connectivity index (χ1) is 6.25. The molecule has 0 aliphatic heterocycles. The lowest BCUT2D eigenvalue weighted by atomic mass is 10.1. The van der Waals surface area contributed by atoms with Crippen LogP contribution in [0.4, 0.5) is 0 Å². The largest absolute Gasteiger partial charge is 0.333 e. The van der Waals surface area contributed by atoms with Crippen LogP contribution in [-0.2, 0) is 0 Å². The molecular formula is C10H15NOS. The molecule has 0 radical (unpaired) electrons. The number of carbonyl (C=O) groups excluding carboxylic acids is 1. The molecule has 0 bridgehead atoms. The molecule has 0 amide bonds. The molecule has 3 heteroatoms. The van der Waals surface area contributed by atoms with Crippen LogP contribution in [0.15, 0.2) is 29.2 Å². The minimum atomic E-state index is 0.149. The van der Waals surface area contributed by atoms with E-state index < -0.39 is 0 Å². The zero-order valence-electron chi connectivity index (χ0n) is 7.95. The van der Waals surface area contributed by atoms with Crippen molar-refractivity contribution in [1.29, 1.82) is 0 Å². The van der Waals surface area contributed by atoms with Gasteiger partial charge in [-0.15, -0.1) is 12.6 Å². The molecule has 0 unspecified atom stereocenters. The summed E-state index contributed by atoms with van der Waals surface area (Å²) >= 11 is 4.17. The monoisotopic (exact) mass is 197 g/mol. The third kappa shape index (κ3) is 3.61. The number of rotatable bonds is 2. The second kappa shape index (κ2) is 6.69. The number of ketones is 1. The molecule has 1 rings (SSSR count). The molecule has 0 saturated heterocycles. The van der Waals surface area contributed by atoms with E-state index >= 15 is 0 Å². The van der Waals surface area contributed by atoms with Gasteiger partial charge in [0.25, 0.3) is 0 Å². The Hall–Kier alpha value is -0.800. The van der Waals surface area contributed by atoms with Crippen molar-refractivity contribution in [3.05, 3.63) is 29.8 Å². The zero-order valence-corrected chi connectivity index (χ0v) is 8.84. The summed E-state index contributed by atoms with van der Waals surface area (Å²) in [6, 6.07) is 7.34. The van der Waals surface area contributed by atoms with Gasteiger partial charge in [-0.3, -0.25) is 4.79 Å². The van der Waals surface area contributed by atoms with Crippen molar-refractivity contribution >= 4 is 18.4 Å². The molecule has 0 aliphatic rings. The highest BCUT2D eigenvalue weighted by molar-refractivity contribution is 7.80. The molecule has 2 nitrogen and oxygen atoms in total. The van der Waals surface area contributed by atoms with E-state index in [9.17, 15) is 4.79 Å². The minimum absolute atomic E-state index is 0.149. The number of thiol groups is 1. The Bertz CT molecular complexity index is 273. The van der Waals surface area contributed by atoms with E-state index in [0.717, 1.165) is 10.5 Å². The van der Waals surface area contributed by atoms with Gasteiger partial charge in [-0.25, -0.2) is 0 Å². The van der Waals surface area contributed by atoms with Crippen LogP contribution in [0.25, 0.3) is 0 Å². The lowest BCUT2D eigenvalue weighted by molar-refractivity contribution is 0.0985.